The Morgan fingerprint density at radius 3 is 2.35 bits per heavy atom. The van der Waals surface area contributed by atoms with Gasteiger partial charge in [-0.3, -0.25) is 4.79 Å². The molecule has 4 nitrogen and oxygen atoms in total. The zero-order valence-electron chi connectivity index (χ0n) is 10.1. The van der Waals surface area contributed by atoms with E-state index < -0.39 is 11.9 Å². The fourth-order valence-electron chi connectivity index (χ4n) is 1.62. The number of carboxylic acids is 1. The Morgan fingerprint density at radius 2 is 1.75 bits per heavy atom. The molecule has 0 aliphatic heterocycles. The second-order valence-corrected chi connectivity index (χ2v) is 5.58. The SMILES string of the molecule is O=C(Nc1c(Cl)cccc1C(=O)O)c1ccc(I)cc1. The van der Waals surface area contributed by atoms with Gasteiger partial charge in [-0.05, 0) is 59.0 Å². The highest BCUT2D eigenvalue weighted by atomic mass is 127. The molecule has 6 heteroatoms. The molecule has 0 bridgehead atoms. The molecule has 0 unspecified atom stereocenters. The average Bonchev–Trinajstić information content (AvgIpc) is 2.41. The third-order valence-corrected chi connectivity index (χ3v) is 3.62. The number of hydrogen-bond donors (Lipinski definition) is 2. The number of hydrogen-bond acceptors (Lipinski definition) is 2. The summed E-state index contributed by atoms with van der Waals surface area (Å²) < 4.78 is 1.00. The lowest BCUT2D eigenvalue weighted by Gasteiger charge is -2.10. The Kier molecular flexibility index (Phi) is 4.61. The van der Waals surface area contributed by atoms with Crippen molar-refractivity contribution in [3.8, 4) is 0 Å². The van der Waals surface area contributed by atoms with Crippen molar-refractivity contribution in [3.63, 3.8) is 0 Å². The predicted molar refractivity (Wildman–Crippen MR) is 85.5 cm³/mol. The van der Waals surface area contributed by atoms with E-state index in [0.29, 0.717) is 5.56 Å². The first-order valence-corrected chi connectivity index (χ1v) is 7.03. The smallest absolute Gasteiger partial charge is 0.337 e. The Hall–Kier alpha value is -1.60. The van der Waals surface area contributed by atoms with Crippen LogP contribution >= 0.6 is 34.2 Å². The van der Waals surface area contributed by atoms with Gasteiger partial charge in [0.15, 0.2) is 0 Å². The molecule has 0 aromatic heterocycles. The van der Waals surface area contributed by atoms with E-state index >= 15 is 0 Å². The second-order valence-electron chi connectivity index (χ2n) is 3.93. The summed E-state index contributed by atoms with van der Waals surface area (Å²) in [5.41, 5.74) is 0.489. The molecule has 0 heterocycles. The maximum absolute atomic E-state index is 12.1. The van der Waals surface area contributed by atoms with Crippen LogP contribution in [0.5, 0.6) is 0 Å². The normalized spacial score (nSPS) is 10.1. The molecule has 0 saturated carbocycles. The highest BCUT2D eigenvalue weighted by Crippen LogP contribution is 2.26. The van der Waals surface area contributed by atoms with E-state index in [-0.39, 0.29) is 16.3 Å². The van der Waals surface area contributed by atoms with Gasteiger partial charge in [0.2, 0.25) is 0 Å². The van der Waals surface area contributed by atoms with Crippen LogP contribution in [0.25, 0.3) is 0 Å². The van der Waals surface area contributed by atoms with Gasteiger partial charge in [-0.25, -0.2) is 4.79 Å². The molecule has 0 aliphatic carbocycles. The van der Waals surface area contributed by atoms with Crippen LogP contribution in [0.3, 0.4) is 0 Å². The summed E-state index contributed by atoms with van der Waals surface area (Å²) >= 11 is 8.08. The highest BCUT2D eigenvalue weighted by Gasteiger charge is 2.16. The Balaban J connectivity index is 2.32. The quantitative estimate of drug-likeness (QED) is 0.767. The third-order valence-electron chi connectivity index (χ3n) is 2.59. The fourth-order valence-corrected chi connectivity index (χ4v) is 2.20. The first kappa shape index (κ1) is 14.8. The molecule has 102 valence electrons. The zero-order valence-corrected chi connectivity index (χ0v) is 13.0. The van der Waals surface area contributed by atoms with Crippen LogP contribution in [0.2, 0.25) is 5.02 Å². The summed E-state index contributed by atoms with van der Waals surface area (Å²) in [6.07, 6.45) is 0. The molecule has 0 atom stereocenters. The van der Waals surface area contributed by atoms with Crippen LogP contribution in [0.15, 0.2) is 42.5 Å². The molecule has 2 aromatic carbocycles. The maximum Gasteiger partial charge on any atom is 0.337 e. The summed E-state index contributed by atoms with van der Waals surface area (Å²) in [6, 6.07) is 11.3. The summed E-state index contributed by atoms with van der Waals surface area (Å²) in [5.74, 6) is -1.55. The van der Waals surface area contributed by atoms with Crippen LogP contribution in [-0.2, 0) is 0 Å². The van der Waals surface area contributed by atoms with Crippen LogP contribution in [0.1, 0.15) is 20.7 Å². The van der Waals surface area contributed by atoms with E-state index in [1.165, 1.54) is 18.2 Å². The highest BCUT2D eigenvalue weighted by molar-refractivity contribution is 14.1. The molecule has 0 radical (unpaired) electrons. The van der Waals surface area contributed by atoms with Crippen molar-refractivity contribution in [1.29, 1.82) is 0 Å². The van der Waals surface area contributed by atoms with E-state index in [0.717, 1.165) is 3.57 Å². The average molecular weight is 402 g/mol. The van der Waals surface area contributed by atoms with Crippen molar-refractivity contribution in [2.45, 2.75) is 0 Å². The fraction of sp³-hybridized carbons (Fsp3) is 0. The van der Waals surface area contributed by atoms with Gasteiger partial charge in [-0.15, -0.1) is 0 Å². The van der Waals surface area contributed by atoms with Gasteiger partial charge in [0.25, 0.3) is 5.91 Å². The minimum atomic E-state index is -1.15. The summed E-state index contributed by atoms with van der Waals surface area (Å²) in [5, 5.41) is 11.8. The van der Waals surface area contributed by atoms with Crippen LogP contribution in [0.4, 0.5) is 5.69 Å². The molecular formula is C14H9ClINO3. The largest absolute Gasteiger partial charge is 0.478 e. The summed E-state index contributed by atoms with van der Waals surface area (Å²) in [6.45, 7) is 0. The third kappa shape index (κ3) is 3.29. The molecule has 0 saturated heterocycles. The van der Waals surface area contributed by atoms with Crippen molar-refractivity contribution in [2.24, 2.45) is 0 Å². The lowest BCUT2D eigenvalue weighted by Crippen LogP contribution is -2.15. The number of benzene rings is 2. The van der Waals surface area contributed by atoms with Crippen molar-refractivity contribution < 1.29 is 14.7 Å². The standard InChI is InChI=1S/C14H9ClINO3/c15-11-3-1-2-10(14(19)20)12(11)17-13(18)8-4-6-9(16)7-5-8/h1-7H,(H,17,18)(H,19,20). The number of carbonyl (C=O) groups excluding carboxylic acids is 1. The Morgan fingerprint density at radius 1 is 1.10 bits per heavy atom. The van der Waals surface area contributed by atoms with Crippen LogP contribution < -0.4 is 5.32 Å². The van der Waals surface area contributed by atoms with Crippen molar-refractivity contribution in [1.82, 2.24) is 0 Å². The number of rotatable bonds is 3. The second kappa shape index (κ2) is 6.23. The molecule has 2 rings (SSSR count). The monoisotopic (exact) mass is 401 g/mol. The number of carbonyl (C=O) groups is 2. The molecular weight excluding hydrogens is 393 g/mol. The summed E-state index contributed by atoms with van der Waals surface area (Å²) in [4.78, 5) is 23.2. The van der Waals surface area contributed by atoms with Crippen molar-refractivity contribution in [3.05, 3.63) is 62.2 Å². The minimum Gasteiger partial charge on any atom is -0.478 e. The molecule has 2 N–H and O–H groups in total. The number of para-hydroxylation sites is 1. The number of aromatic carboxylic acids is 1. The first-order chi connectivity index (χ1) is 9.49. The molecule has 2 aromatic rings. The number of anilines is 1. The lowest BCUT2D eigenvalue weighted by atomic mass is 10.1. The molecule has 0 fully saturated rings. The van der Waals surface area contributed by atoms with Crippen LogP contribution in [0, 0.1) is 3.57 Å². The van der Waals surface area contributed by atoms with Gasteiger partial charge in [0.1, 0.15) is 0 Å². The lowest BCUT2D eigenvalue weighted by molar-refractivity contribution is 0.0698. The topological polar surface area (TPSA) is 66.4 Å². The summed E-state index contributed by atoms with van der Waals surface area (Å²) in [7, 11) is 0. The number of carboxylic acid groups (broad SMARTS) is 1. The van der Waals surface area contributed by atoms with E-state index in [4.69, 9.17) is 16.7 Å². The van der Waals surface area contributed by atoms with Crippen molar-refractivity contribution >= 4 is 51.8 Å². The van der Waals surface area contributed by atoms with Gasteiger partial charge in [0, 0.05) is 9.13 Å². The molecule has 0 spiro atoms. The van der Waals surface area contributed by atoms with E-state index in [9.17, 15) is 9.59 Å². The van der Waals surface area contributed by atoms with E-state index in [1.54, 1.807) is 24.3 Å². The molecule has 20 heavy (non-hydrogen) atoms. The van der Waals surface area contributed by atoms with Gasteiger partial charge < -0.3 is 10.4 Å². The van der Waals surface area contributed by atoms with E-state index in [2.05, 4.69) is 27.9 Å². The van der Waals surface area contributed by atoms with Crippen molar-refractivity contribution in [2.75, 3.05) is 5.32 Å². The number of nitrogens with one attached hydrogen (secondary N) is 1. The minimum absolute atomic E-state index is 0.0450. The van der Waals surface area contributed by atoms with Crippen LogP contribution in [-0.4, -0.2) is 17.0 Å². The Labute approximate surface area is 133 Å². The zero-order chi connectivity index (χ0) is 14.7. The number of amides is 1. The Bertz CT molecular complexity index is 671. The molecule has 0 aliphatic rings. The maximum atomic E-state index is 12.1. The van der Waals surface area contributed by atoms with Gasteiger partial charge in [0.05, 0.1) is 16.3 Å². The number of halogens is 2. The van der Waals surface area contributed by atoms with Gasteiger partial charge in [-0.1, -0.05) is 17.7 Å². The van der Waals surface area contributed by atoms with E-state index in [1.807, 2.05) is 0 Å². The van der Waals surface area contributed by atoms with Gasteiger partial charge >= 0.3 is 5.97 Å². The molecule has 1 amide bonds. The van der Waals surface area contributed by atoms with Gasteiger partial charge in [-0.2, -0.15) is 0 Å². The predicted octanol–water partition coefficient (Wildman–Crippen LogP) is 3.90. The first-order valence-electron chi connectivity index (χ1n) is 5.58.